The number of imidazole rings is 1. The molecule has 1 aliphatic rings. The van der Waals surface area contributed by atoms with E-state index in [1.165, 1.54) is 0 Å². The molecule has 1 aromatic carbocycles. The van der Waals surface area contributed by atoms with Crippen molar-refractivity contribution in [3.63, 3.8) is 0 Å². The molecule has 140 valence electrons. The third kappa shape index (κ3) is 3.40. The van der Waals surface area contributed by atoms with Crippen LogP contribution in [0.5, 0.6) is 0 Å². The molecule has 0 aliphatic carbocycles. The van der Waals surface area contributed by atoms with Crippen molar-refractivity contribution in [3.05, 3.63) is 41.7 Å². The fourth-order valence-electron chi connectivity index (χ4n) is 3.59. The van der Waals surface area contributed by atoms with E-state index in [1.807, 2.05) is 24.3 Å². The molecule has 0 radical (unpaired) electrons. The summed E-state index contributed by atoms with van der Waals surface area (Å²) in [5.74, 6) is 0.757. The molecule has 4 rings (SSSR count). The highest BCUT2D eigenvalue weighted by Gasteiger charge is 2.41. The van der Waals surface area contributed by atoms with Crippen molar-refractivity contribution in [1.29, 1.82) is 0 Å². The van der Waals surface area contributed by atoms with E-state index >= 15 is 0 Å². The number of nitrogens with zero attached hydrogens (tertiary/aromatic N) is 4. The van der Waals surface area contributed by atoms with E-state index in [-0.39, 0.29) is 11.8 Å². The minimum absolute atomic E-state index is 0.0311. The lowest BCUT2D eigenvalue weighted by Gasteiger charge is -2.15. The Labute approximate surface area is 155 Å². The van der Waals surface area contributed by atoms with Crippen LogP contribution >= 0.6 is 0 Å². The summed E-state index contributed by atoms with van der Waals surface area (Å²) in [5.41, 5.74) is 7.38. The predicted molar refractivity (Wildman–Crippen MR) is 97.5 cm³/mol. The molecule has 9 heteroatoms. The van der Waals surface area contributed by atoms with Gasteiger partial charge in [-0.1, -0.05) is 12.1 Å². The summed E-state index contributed by atoms with van der Waals surface area (Å²) in [6, 6.07) is 7.75. The Bertz CT molecular complexity index is 959. The number of aryl methyl sites for hydroxylation is 2. The summed E-state index contributed by atoms with van der Waals surface area (Å²) in [6.07, 6.45) is 0.820. The van der Waals surface area contributed by atoms with Crippen LogP contribution < -0.4 is 5.73 Å². The number of fused-ring (bicyclic) bond motifs is 1. The minimum atomic E-state index is -0.477. The molecule has 0 spiro atoms. The number of likely N-dealkylation sites (tertiary alicyclic amines) is 1. The Morgan fingerprint density at radius 1 is 1.26 bits per heavy atom. The van der Waals surface area contributed by atoms with Gasteiger partial charge in [-0.05, 0) is 19.1 Å². The van der Waals surface area contributed by atoms with E-state index in [0.29, 0.717) is 37.6 Å². The van der Waals surface area contributed by atoms with E-state index < -0.39 is 11.8 Å². The summed E-state index contributed by atoms with van der Waals surface area (Å²) in [5, 5.41) is 6.92. The zero-order valence-electron chi connectivity index (χ0n) is 15.0. The van der Waals surface area contributed by atoms with E-state index in [4.69, 9.17) is 5.73 Å². The van der Waals surface area contributed by atoms with E-state index in [2.05, 4.69) is 25.1 Å². The van der Waals surface area contributed by atoms with Crippen LogP contribution in [0.25, 0.3) is 11.0 Å². The summed E-state index contributed by atoms with van der Waals surface area (Å²) in [7, 11) is 0. The van der Waals surface area contributed by atoms with Crippen LogP contribution in [-0.2, 0) is 16.0 Å². The number of aromatic amines is 2. The van der Waals surface area contributed by atoms with Gasteiger partial charge in [0.2, 0.25) is 11.8 Å². The second-order valence-electron chi connectivity index (χ2n) is 6.89. The molecule has 1 aliphatic heterocycles. The van der Waals surface area contributed by atoms with Crippen molar-refractivity contribution in [2.75, 3.05) is 13.1 Å². The van der Waals surface area contributed by atoms with Crippen LogP contribution in [0.4, 0.5) is 0 Å². The number of amides is 2. The summed E-state index contributed by atoms with van der Waals surface area (Å²) >= 11 is 0. The molecule has 3 aromatic rings. The zero-order chi connectivity index (χ0) is 19.0. The first-order valence-electron chi connectivity index (χ1n) is 8.91. The van der Waals surface area contributed by atoms with E-state index in [9.17, 15) is 9.59 Å². The van der Waals surface area contributed by atoms with Gasteiger partial charge >= 0.3 is 0 Å². The van der Waals surface area contributed by atoms with E-state index in [1.54, 1.807) is 11.8 Å². The average molecular weight is 367 g/mol. The van der Waals surface area contributed by atoms with E-state index in [0.717, 1.165) is 16.9 Å². The number of aromatic nitrogens is 5. The second-order valence-corrected chi connectivity index (χ2v) is 6.89. The fraction of sp³-hybridized carbons (Fsp3) is 0.389. The number of para-hydroxylation sites is 2. The number of rotatable bonds is 5. The van der Waals surface area contributed by atoms with Crippen molar-refractivity contribution in [1.82, 2.24) is 30.0 Å². The number of nitrogens with one attached hydrogen (secondary N) is 2. The second kappa shape index (κ2) is 6.82. The first-order valence-corrected chi connectivity index (χ1v) is 8.91. The lowest BCUT2D eigenvalue weighted by Crippen LogP contribution is -2.32. The molecule has 0 saturated carbocycles. The maximum Gasteiger partial charge on any atom is 0.223 e. The largest absolute Gasteiger partial charge is 0.369 e. The highest BCUT2D eigenvalue weighted by atomic mass is 16.2. The first-order chi connectivity index (χ1) is 13.0. The van der Waals surface area contributed by atoms with Crippen molar-refractivity contribution in [2.45, 2.75) is 25.7 Å². The molecule has 2 unspecified atom stereocenters. The van der Waals surface area contributed by atoms with Gasteiger partial charge < -0.3 is 15.6 Å². The van der Waals surface area contributed by atoms with Gasteiger partial charge in [0, 0.05) is 25.9 Å². The molecule has 2 atom stereocenters. The van der Waals surface area contributed by atoms with Crippen molar-refractivity contribution >= 4 is 22.8 Å². The standard InChI is InChI=1S/C18H21N7O2/c1-10-20-18(24-23-10)12-9-25(8-11(12)17(19)27)16(26)7-6-15-21-13-4-2-3-5-14(13)22-15/h2-5,11-12H,6-9H2,1H3,(H2,19,27)(H,21,22)(H,20,23,24). The van der Waals surface area contributed by atoms with Gasteiger partial charge in [-0.15, -0.1) is 0 Å². The average Bonchev–Trinajstić information content (AvgIpc) is 3.36. The zero-order valence-corrected chi connectivity index (χ0v) is 15.0. The Hall–Kier alpha value is -3.23. The number of primary amides is 1. The molecule has 1 saturated heterocycles. The van der Waals surface area contributed by atoms with Gasteiger partial charge in [-0.25, -0.2) is 9.97 Å². The topological polar surface area (TPSA) is 134 Å². The molecule has 9 nitrogen and oxygen atoms in total. The fourth-order valence-corrected chi connectivity index (χ4v) is 3.59. The number of hydrogen-bond donors (Lipinski definition) is 3. The molecule has 27 heavy (non-hydrogen) atoms. The van der Waals surface area contributed by atoms with Gasteiger partial charge in [0.05, 0.1) is 22.9 Å². The van der Waals surface area contributed by atoms with Crippen LogP contribution in [-0.4, -0.2) is 55.0 Å². The van der Waals surface area contributed by atoms with Gasteiger partial charge in [0.1, 0.15) is 11.6 Å². The summed E-state index contributed by atoms with van der Waals surface area (Å²) < 4.78 is 0. The number of H-pyrrole nitrogens is 2. The predicted octanol–water partition coefficient (Wildman–Crippen LogP) is 0.650. The third-order valence-electron chi connectivity index (χ3n) is 5.00. The highest BCUT2D eigenvalue weighted by molar-refractivity contribution is 5.82. The number of hydrogen-bond acceptors (Lipinski definition) is 5. The maximum atomic E-state index is 12.7. The smallest absolute Gasteiger partial charge is 0.223 e. The molecule has 2 amide bonds. The molecule has 3 heterocycles. The number of benzene rings is 1. The molecule has 4 N–H and O–H groups in total. The Balaban J connectivity index is 1.43. The van der Waals surface area contributed by atoms with Crippen molar-refractivity contribution in [3.8, 4) is 0 Å². The lowest BCUT2D eigenvalue weighted by molar-refractivity contribution is -0.130. The lowest BCUT2D eigenvalue weighted by atomic mass is 9.95. The Morgan fingerprint density at radius 3 is 2.78 bits per heavy atom. The molecular formula is C18H21N7O2. The van der Waals surface area contributed by atoms with Crippen LogP contribution in [0, 0.1) is 12.8 Å². The monoisotopic (exact) mass is 367 g/mol. The van der Waals surface area contributed by atoms with Gasteiger partial charge in [0.25, 0.3) is 0 Å². The maximum absolute atomic E-state index is 12.7. The number of carbonyl (C=O) groups excluding carboxylic acids is 2. The Kier molecular flexibility index (Phi) is 4.35. The van der Waals surface area contributed by atoms with Crippen LogP contribution in [0.1, 0.15) is 29.8 Å². The normalized spacial score (nSPS) is 19.7. The van der Waals surface area contributed by atoms with Crippen LogP contribution in [0.3, 0.4) is 0 Å². The van der Waals surface area contributed by atoms with Gasteiger partial charge in [-0.2, -0.15) is 5.10 Å². The molecular weight excluding hydrogens is 346 g/mol. The van der Waals surface area contributed by atoms with Gasteiger partial charge in [0.15, 0.2) is 5.82 Å². The first kappa shape index (κ1) is 17.2. The molecule has 2 aromatic heterocycles. The highest BCUT2D eigenvalue weighted by Crippen LogP contribution is 2.31. The minimum Gasteiger partial charge on any atom is -0.369 e. The van der Waals surface area contributed by atoms with Crippen LogP contribution in [0.2, 0.25) is 0 Å². The van der Waals surface area contributed by atoms with Gasteiger partial charge in [-0.3, -0.25) is 14.7 Å². The van der Waals surface area contributed by atoms with Crippen LogP contribution in [0.15, 0.2) is 24.3 Å². The quantitative estimate of drug-likeness (QED) is 0.609. The SMILES string of the molecule is Cc1nc(C2CN(C(=O)CCc3nc4ccccc4[nH]3)CC2C(N)=O)n[nH]1. The summed E-state index contributed by atoms with van der Waals surface area (Å²) in [6.45, 7) is 2.48. The number of carbonyl (C=O) groups is 2. The molecule has 1 fully saturated rings. The summed E-state index contributed by atoms with van der Waals surface area (Å²) in [4.78, 5) is 38.2. The van der Waals surface area contributed by atoms with Crippen molar-refractivity contribution in [2.24, 2.45) is 11.7 Å². The Morgan fingerprint density at radius 2 is 2.07 bits per heavy atom. The third-order valence-corrected chi connectivity index (χ3v) is 5.00. The number of nitrogens with two attached hydrogens (primary N) is 1. The molecule has 0 bridgehead atoms. The van der Waals surface area contributed by atoms with Crippen molar-refractivity contribution < 1.29 is 9.59 Å².